The maximum atomic E-state index is 14.5. The Morgan fingerprint density at radius 2 is 1.43 bits per heavy atom. The molecule has 0 radical (unpaired) electrons. The van der Waals surface area contributed by atoms with Crippen LogP contribution in [0.2, 0.25) is 0 Å². The van der Waals surface area contributed by atoms with E-state index in [0.29, 0.717) is 45.1 Å². The van der Waals surface area contributed by atoms with E-state index in [1.807, 2.05) is 76.9 Å². The lowest BCUT2D eigenvalue weighted by molar-refractivity contribution is -0.144. The average molecular weight is 972 g/mol. The van der Waals surface area contributed by atoms with Crippen LogP contribution in [-0.4, -0.2) is 140 Å². The molecule has 0 unspecified atom stereocenters. The number of aryl methyl sites for hydroxylation is 1. The number of ether oxygens (including phenoxy) is 3. The smallest absolute Gasteiger partial charge is 0.410 e. The highest BCUT2D eigenvalue weighted by atomic mass is 32.2. The van der Waals surface area contributed by atoms with E-state index in [9.17, 15) is 36.9 Å². The molecule has 9 atom stereocenters. The molecular weight excluding hydrogens is 891 g/mol. The Morgan fingerprint density at radius 3 is 1.94 bits per heavy atom. The first-order chi connectivity index (χ1) is 31.8. The highest BCUT2D eigenvalue weighted by Crippen LogP contribution is 2.31. The molecule has 16 nitrogen and oxygen atoms in total. The second-order valence-electron chi connectivity index (χ2n) is 20.2. The zero-order valence-electron chi connectivity index (χ0n) is 43.0. The third-order valence-corrected chi connectivity index (χ3v) is 14.1. The Morgan fingerprint density at radius 1 is 0.838 bits per heavy atom. The van der Waals surface area contributed by atoms with Gasteiger partial charge in [0.05, 0.1) is 41.5 Å². The number of imide groups is 1. The number of likely N-dealkylation sites (tertiary alicyclic amines) is 1. The quantitative estimate of drug-likeness (QED) is 0.0961. The van der Waals surface area contributed by atoms with Gasteiger partial charge in [-0.3, -0.25) is 38.8 Å². The third kappa shape index (κ3) is 16.3. The number of benzene rings is 2. The van der Waals surface area contributed by atoms with E-state index in [1.165, 1.54) is 24.1 Å². The summed E-state index contributed by atoms with van der Waals surface area (Å²) in [4.78, 5) is 74.5. The number of carbonyl (C=O) groups excluding carboxylic acids is 5. The van der Waals surface area contributed by atoms with Gasteiger partial charge in [0, 0.05) is 39.9 Å². The zero-order chi connectivity index (χ0) is 51.3. The van der Waals surface area contributed by atoms with E-state index in [4.69, 9.17) is 14.2 Å². The largest absolute Gasteiger partial charge is 0.444 e. The third-order valence-electron chi connectivity index (χ3n) is 13.2. The summed E-state index contributed by atoms with van der Waals surface area (Å²) in [6.07, 6.45) is 1.73. The summed E-state index contributed by atoms with van der Waals surface area (Å²) in [6, 6.07) is 12.9. The molecule has 17 heteroatoms. The molecule has 0 bridgehead atoms. The van der Waals surface area contributed by atoms with E-state index in [2.05, 4.69) is 10.6 Å². The second-order valence-corrected chi connectivity index (χ2v) is 21.6. The van der Waals surface area contributed by atoms with Crippen LogP contribution in [0.3, 0.4) is 0 Å². The summed E-state index contributed by atoms with van der Waals surface area (Å²) in [5.41, 5.74) is 1.10. The molecule has 5 amide bonds. The molecule has 2 aromatic carbocycles. The van der Waals surface area contributed by atoms with Gasteiger partial charge in [-0.15, -0.1) is 0 Å². The standard InChI is InChI=1S/C51H81N5O11S/c1-15-34(6)45(54(11)43(32(2)3)48(59)53-49(60)44(33(4)5)55(12)50(61)67-51(8,9)10)41(65-13)31-42(57)56-29-19-22-40(56)46(66-14)35(7)47(58)52-38(30-37-20-17-16-18-21-37)26-23-36-24-27-39(28-25-36)68(62,63)64/h16-18,20-21,24-25,27-28,32-35,38,40-41,43-46H,15,19,22-23,26,29-31H2,1-14H3,(H,52,58)(H,53,59,60)(H,62,63,64)/t34-,35+,38+,40-,41+,43-,44-,45-,46+/m0/s1. The summed E-state index contributed by atoms with van der Waals surface area (Å²) in [6.45, 7) is 19.0. The molecule has 0 aliphatic carbocycles. The minimum absolute atomic E-state index is 0.00477. The number of likely N-dealkylation sites (N-methyl/N-ethyl adjacent to an activating group) is 2. The van der Waals surface area contributed by atoms with Gasteiger partial charge in [0.1, 0.15) is 11.6 Å². The Hall–Kier alpha value is -4.42. The molecule has 2 aromatic rings. The zero-order valence-corrected chi connectivity index (χ0v) is 43.8. The van der Waals surface area contributed by atoms with Crippen molar-refractivity contribution in [3.8, 4) is 0 Å². The number of nitrogens with zero attached hydrogens (tertiary/aromatic N) is 3. The maximum Gasteiger partial charge on any atom is 0.410 e. The lowest BCUT2D eigenvalue weighted by Crippen LogP contribution is -2.60. The van der Waals surface area contributed by atoms with E-state index in [1.54, 1.807) is 65.9 Å². The molecule has 1 aliphatic heterocycles. The molecule has 1 aliphatic rings. The SMILES string of the molecule is CC[C@H](C)[C@@H]([C@@H](CC(=O)N1CCC[C@H]1[C@H](OC)[C@@H](C)C(=O)N[C@H](CCc1ccc(S(=O)(=O)O)cc1)Cc1ccccc1)OC)N(C)[C@H](C(=O)NC(=O)[C@H](C(C)C)N(C)C(=O)OC(C)(C)C)C(C)C. The van der Waals surface area contributed by atoms with Gasteiger partial charge in [-0.05, 0) is 101 Å². The van der Waals surface area contributed by atoms with Crippen molar-refractivity contribution in [3.63, 3.8) is 0 Å². The fourth-order valence-electron chi connectivity index (χ4n) is 9.60. The number of amides is 5. The number of hydrogen-bond acceptors (Lipinski definition) is 11. The number of carbonyl (C=O) groups is 5. The predicted octanol–water partition coefficient (Wildman–Crippen LogP) is 6.55. The first kappa shape index (κ1) is 57.9. The van der Waals surface area contributed by atoms with Crippen molar-refractivity contribution in [2.24, 2.45) is 23.7 Å². The topological polar surface area (TPSA) is 201 Å². The number of methoxy groups -OCH3 is 2. The fourth-order valence-corrected chi connectivity index (χ4v) is 10.1. The van der Waals surface area contributed by atoms with Crippen molar-refractivity contribution in [1.82, 2.24) is 25.3 Å². The maximum absolute atomic E-state index is 14.5. The number of hydrogen-bond donors (Lipinski definition) is 3. The van der Waals surface area contributed by atoms with Gasteiger partial charge >= 0.3 is 6.09 Å². The summed E-state index contributed by atoms with van der Waals surface area (Å²) >= 11 is 0. The van der Waals surface area contributed by atoms with Crippen molar-refractivity contribution in [1.29, 1.82) is 0 Å². The van der Waals surface area contributed by atoms with Crippen LogP contribution in [0.1, 0.15) is 112 Å². The van der Waals surface area contributed by atoms with Crippen molar-refractivity contribution in [2.75, 3.05) is 34.9 Å². The van der Waals surface area contributed by atoms with Gasteiger partial charge in [-0.1, -0.05) is 97.4 Å². The number of rotatable bonds is 24. The van der Waals surface area contributed by atoms with Gasteiger partial charge < -0.3 is 24.4 Å². The molecule has 0 spiro atoms. The molecular formula is C51H81N5O11S. The summed E-state index contributed by atoms with van der Waals surface area (Å²) in [5, 5.41) is 5.86. The van der Waals surface area contributed by atoms with E-state index in [-0.39, 0.29) is 46.9 Å². The van der Waals surface area contributed by atoms with Crippen LogP contribution in [-0.2, 0) is 56.3 Å². The molecule has 0 saturated carbocycles. The van der Waals surface area contributed by atoms with Gasteiger partial charge in [0.2, 0.25) is 23.6 Å². The van der Waals surface area contributed by atoms with E-state index < -0.39 is 75.9 Å². The monoisotopic (exact) mass is 972 g/mol. The lowest BCUT2D eigenvalue weighted by Gasteiger charge is -2.43. The van der Waals surface area contributed by atoms with Crippen LogP contribution in [0.4, 0.5) is 4.79 Å². The fraction of sp³-hybridized carbons (Fsp3) is 0.667. The minimum Gasteiger partial charge on any atom is -0.444 e. The summed E-state index contributed by atoms with van der Waals surface area (Å²) in [5.74, 6) is -2.83. The molecule has 3 rings (SSSR count). The highest BCUT2D eigenvalue weighted by Gasteiger charge is 2.44. The Labute approximate surface area is 406 Å². The van der Waals surface area contributed by atoms with Crippen LogP contribution < -0.4 is 10.6 Å². The van der Waals surface area contributed by atoms with Gasteiger partial charge in [0.15, 0.2) is 0 Å². The molecule has 1 heterocycles. The van der Waals surface area contributed by atoms with Gasteiger partial charge in [-0.2, -0.15) is 8.42 Å². The van der Waals surface area contributed by atoms with Crippen LogP contribution in [0.15, 0.2) is 59.5 Å². The Bertz CT molecular complexity index is 2060. The molecule has 1 saturated heterocycles. The summed E-state index contributed by atoms with van der Waals surface area (Å²) < 4.78 is 50.3. The molecule has 68 heavy (non-hydrogen) atoms. The van der Waals surface area contributed by atoms with Crippen LogP contribution in [0, 0.1) is 23.7 Å². The molecule has 3 N–H and O–H groups in total. The Balaban J connectivity index is 1.81. The van der Waals surface area contributed by atoms with E-state index in [0.717, 1.165) is 11.1 Å². The average Bonchev–Trinajstić information content (AvgIpc) is 3.74. The van der Waals surface area contributed by atoms with Gasteiger partial charge in [0.25, 0.3) is 10.1 Å². The highest BCUT2D eigenvalue weighted by molar-refractivity contribution is 7.85. The van der Waals surface area contributed by atoms with Crippen molar-refractivity contribution < 1.29 is 51.2 Å². The minimum atomic E-state index is -4.32. The normalized spacial score (nSPS) is 18.0. The molecule has 1 fully saturated rings. The second kappa shape index (κ2) is 26.0. The summed E-state index contributed by atoms with van der Waals surface area (Å²) in [7, 11) is 2.09. The Kier molecular flexibility index (Phi) is 22.1. The van der Waals surface area contributed by atoms with Gasteiger partial charge in [-0.25, -0.2) is 4.79 Å². The predicted molar refractivity (Wildman–Crippen MR) is 262 cm³/mol. The van der Waals surface area contributed by atoms with Crippen molar-refractivity contribution in [3.05, 3.63) is 65.7 Å². The van der Waals surface area contributed by atoms with E-state index >= 15 is 0 Å². The first-order valence-corrected chi connectivity index (χ1v) is 25.5. The van der Waals surface area contributed by atoms with Crippen molar-refractivity contribution in [2.45, 2.75) is 167 Å². The van der Waals surface area contributed by atoms with Crippen LogP contribution in [0.5, 0.6) is 0 Å². The lowest BCUT2D eigenvalue weighted by atomic mass is 9.87. The van der Waals surface area contributed by atoms with Crippen molar-refractivity contribution >= 4 is 39.8 Å². The molecule has 0 aromatic heterocycles. The molecule has 382 valence electrons. The first-order valence-electron chi connectivity index (χ1n) is 24.0. The van der Waals surface area contributed by atoms with Crippen LogP contribution >= 0.6 is 0 Å². The van der Waals surface area contributed by atoms with Crippen LogP contribution in [0.25, 0.3) is 0 Å². The number of nitrogens with one attached hydrogen (secondary N) is 2.